The fourth-order valence-electron chi connectivity index (χ4n) is 8.01. The largest absolute Gasteiger partial charge is 0.452 e. The molecule has 3 aromatic heterocycles. The van der Waals surface area contributed by atoms with Crippen molar-refractivity contribution in [1.82, 2.24) is 14.5 Å². The summed E-state index contributed by atoms with van der Waals surface area (Å²) in [6.45, 7) is 0. The highest BCUT2D eigenvalue weighted by Crippen LogP contribution is 2.44. The van der Waals surface area contributed by atoms with Crippen LogP contribution in [0.3, 0.4) is 0 Å². The van der Waals surface area contributed by atoms with Crippen LogP contribution in [0.25, 0.3) is 105 Å². The van der Waals surface area contributed by atoms with Crippen molar-refractivity contribution < 1.29 is 4.42 Å². The second kappa shape index (κ2) is 10.4. The molecule has 4 nitrogen and oxygen atoms in total. The Kier molecular flexibility index (Phi) is 5.63. The van der Waals surface area contributed by atoms with Gasteiger partial charge in [0.25, 0.3) is 0 Å². The van der Waals surface area contributed by atoms with E-state index in [-0.39, 0.29) is 0 Å². The van der Waals surface area contributed by atoms with E-state index in [0.717, 1.165) is 60.8 Å². The van der Waals surface area contributed by atoms with Crippen LogP contribution in [0.4, 0.5) is 0 Å². The second-order valence-electron chi connectivity index (χ2n) is 12.9. The molecular formula is C46H27N3O. The standard InChI is InChI=1S/C46H27N3O/c1-3-13-28(14-4-1)43-45-44(48-46(47-43)29-15-5-2-6-16-29)42-40(50-45)26-25-39-41(42)36-21-11-12-22-38(36)49(39)30-23-24-35-33-19-8-7-17-31(33)32-18-9-10-20-34(32)37(35)27-30/h1-27H. The second-order valence-corrected chi connectivity index (χ2v) is 12.9. The van der Waals surface area contributed by atoms with Gasteiger partial charge in [0.15, 0.2) is 11.4 Å². The van der Waals surface area contributed by atoms with Gasteiger partial charge in [0.1, 0.15) is 16.8 Å². The third-order valence-corrected chi connectivity index (χ3v) is 10.2. The van der Waals surface area contributed by atoms with Gasteiger partial charge in [-0.15, -0.1) is 0 Å². The molecule has 0 spiro atoms. The molecule has 0 aliphatic rings. The molecule has 0 saturated heterocycles. The minimum absolute atomic E-state index is 0.675. The Hall–Kier alpha value is -6.78. The van der Waals surface area contributed by atoms with Crippen molar-refractivity contribution in [3.63, 3.8) is 0 Å². The van der Waals surface area contributed by atoms with Crippen LogP contribution in [0.2, 0.25) is 0 Å². The van der Waals surface area contributed by atoms with Gasteiger partial charge >= 0.3 is 0 Å². The molecule has 11 rings (SSSR count). The van der Waals surface area contributed by atoms with Crippen LogP contribution in [0, 0.1) is 0 Å². The van der Waals surface area contributed by atoms with Crippen molar-refractivity contribution in [2.75, 3.05) is 0 Å². The molecular weight excluding hydrogens is 611 g/mol. The monoisotopic (exact) mass is 637 g/mol. The zero-order chi connectivity index (χ0) is 32.8. The Labute approximate surface area is 286 Å². The average Bonchev–Trinajstić information content (AvgIpc) is 3.74. The maximum absolute atomic E-state index is 6.71. The summed E-state index contributed by atoms with van der Waals surface area (Å²) < 4.78 is 9.11. The fraction of sp³-hybridized carbons (Fsp3) is 0. The Balaban J connectivity index is 1.26. The van der Waals surface area contributed by atoms with E-state index in [1.807, 2.05) is 36.4 Å². The van der Waals surface area contributed by atoms with Crippen LogP contribution >= 0.6 is 0 Å². The predicted molar refractivity (Wildman–Crippen MR) is 207 cm³/mol. The predicted octanol–water partition coefficient (Wildman–Crippen LogP) is 12.3. The Morgan fingerprint density at radius 3 is 1.70 bits per heavy atom. The maximum atomic E-state index is 6.71. The molecule has 0 amide bonds. The summed E-state index contributed by atoms with van der Waals surface area (Å²) in [7, 11) is 0. The van der Waals surface area contributed by atoms with Crippen LogP contribution < -0.4 is 0 Å². The van der Waals surface area contributed by atoms with Crippen molar-refractivity contribution in [3.8, 4) is 28.3 Å². The first-order valence-electron chi connectivity index (χ1n) is 16.9. The molecule has 4 heteroatoms. The quantitative estimate of drug-likeness (QED) is 0.181. The molecule has 0 unspecified atom stereocenters. The molecule has 0 saturated carbocycles. The molecule has 50 heavy (non-hydrogen) atoms. The van der Waals surface area contributed by atoms with Crippen LogP contribution in [-0.2, 0) is 0 Å². The first-order valence-corrected chi connectivity index (χ1v) is 16.9. The number of rotatable bonds is 3. The van der Waals surface area contributed by atoms with Crippen molar-refractivity contribution in [1.29, 1.82) is 0 Å². The van der Waals surface area contributed by atoms with Crippen molar-refractivity contribution in [3.05, 3.63) is 164 Å². The van der Waals surface area contributed by atoms with Gasteiger partial charge in [0.2, 0.25) is 0 Å². The zero-order valence-corrected chi connectivity index (χ0v) is 26.8. The fourth-order valence-corrected chi connectivity index (χ4v) is 8.01. The minimum Gasteiger partial charge on any atom is -0.452 e. The zero-order valence-electron chi connectivity index (χ0n) is 26.8. The summed E-state index contributed by atoms with van der Waals surface area (Å²) in [4.78, 5) is 10.3. The average molecular weight is 638 g/mol. The number of nitrogens with zero attached hydrogens (tertiary/aromatic N) is 3. The smallest absolute Gasteiger partial charge is 0.180 e. The lowest BCUT2D eigenvalue weighted by molar-refractivity contribution is 0.667. The summed E-state index contributed by atoms with van der Waals surface area (Å²) in [6.07, 6.45) is 0. The van der Waals surface area contributed by atoms with E-state index < -0.39 is 0 Å². The van der Waals surface area contributed by atoms with Crippen LogP contribution in [0.15, 0.2) is 168 Å². The lowest BCUT2D eigenvalue weighted by Gasteiger charge is -2.13. The number of para-hydroxylation sites is 1. The number of hydrogen-bond acceptors (Lipinski definition) is 3. The highest BCUT2D eigenvalue weighted by Gasteiger charge is 2.23. The van der Waals surface area contributed by atoms with E-state index >= 15 is 0 Å². The summed E-state index contributed by atoms with van der Waals surface area (Å²) in [5, 5.41) is 10.8. The molecule has 0 radical (unpaired) electrons. The van der Waals surface area contributed by atoms with Crippen molar-refractivity contribution in [2.45, 2.75) is 0 Å². The van der Waals surface area contributed by atoms with Crippen molar-refractivity contribution >= 4 is 76.2 Å². The lowest BCUT2D eigenvalue weighted by atomic mass is 9.94. The normalized spacial score (nSPS) is 12.0. The first kappa shape index (κ1) is 27.2. The molecule has 232 valence electrons. The summed E-state index contributed by atoms with van der Waals surface area (Å²) in [5.74, 6) is 0.675. The molecule has 0 fully saturated rings. The van der Waals surface area contributed by atoms with Gasteiger partial charge < -0.3 is 8.98 Å². The molecule has 0 N–H and O–H groups in total. The van der Waals surface area contributed by atoms with Gasteiger partial charge in [0, 0.05) is 27.6 Å². The third kappa shape index (κ3) is 3.81. The van der Waals surface area contributed by atoms with E-state index in [2.05, 4.69) is 132 Å². The SMILES string of the molecule is c1ccc(-c2nc(-c3ccccc3)c3oc4ccc5c(c6ccccc6n5-c5ccc6c7ccccc7c7ccccc7c6c5)c4c3n2)cc1. The summed E-state index contributed by atoms with van der Waals surface area (Å²) in [5.41, 5.74) is 8.40. The number of hydrogen-bond donors (Lipinski definition) is 0. The van der Waals surface area contributed by atoms with E-state index in [1.165, 1.54) is 32.3 Å². The van der Waals surface area contributed by atoms with Crippen LogP contribution in [0.5, 0.6) is 0 Å². The number of fused-ring (bicyclic) bond motifs is 13. The van der Waals surface area contributed by atoms with Gasteiger partial charge in [-0.3, -0.25) is 0 Å². The van der Waals surface area contributed by atoms with Gasteiger partial charge in [-0.05, 0) is 62.6 Å². The summed E-state index contributed by atoms with van der Waals surface area (Å²) in [6, 6.07) is 57.8. The Morgan fingerprint density at radius 1 is 0.420 bits per heavy atom. The topological polar surface area (TPSA) is 43.9 Å². The van der Waals surface area contributed by atoms with E-state index in [1.54, 1.807) is 0 Å². The molecule has 0 atom stereocenters. The Morgan fingerprint density at radius 2 is 1.00 bits per heavy atom. The highest BCUT2D eigenvalue weighted by molar-refractivity contribution is 6.28. The third-order valence-electron chi connectivity index (χ3n) is 10.2. The van der Waals surface area contributed by atoms with Crippen LogP contribution in [0.1, 0.15) is 0 Å². The number of furan rings is 1. The Bertz CT molecular complexity index is 3100. The molecule has 0 aliphatic carbocycles. The lowest BCUT2D eigenvalue weighted by Crippen LogP contribution is -1.94. The van der Waals surface area contributed by atoms with Crippen LogP contribution in [-0.4, -0.2) is 14.5 Å². The van der Waals surface area contributed by atoms with Gasteiger partial charge in [-0.1, -0.05) is 133 Å². The van der Waals surface area contributed by atoms with E-state index in [0.29, 0.717) is 11.4 Å². The van der Waals surface area contributed by atoms with E-state index in [9.17, 15) is 0 Å². The molecule has 8 aromatic carbocycles. The highest BCUT2D eigenvalue weighted by atomic mass is 16.3. The first-order chi connectivity index (χ1) is 24.8. The number of aromatic nitrogens is 3. The van der Waals surface area contributed by atoms with Gasteiger partial charge in [-0.25, -0.2) is 9.97 Å². The van der Waals surface area contributed by atoms with Gasteiger partial charge in [0.05, 0.1) is 16.4 Å². The number of benzene rings is 8. The molecule has 0 bridgehead atoms. The minimum atomic E-state index is 0.675. The van der Waals surface area contributed by atoms with E-state index in [4.69, 9.17) is 14.4 Å². The molecule has 3 heterocycles. The molecule has 0 aliphatic heterocycles. The van der Waals surface area contributed by atoms with Crippen molar-refractivity contribution in [2.24, 2.45) is 0 Å². The van der Waals surface area contributed by atoms with Gasteiger partial charge in [-0.2, -0.15) is 0 Å². The summed E-state index contributed by atoms with van der Waals surface area (Å²) >= 11 is 0. The molecule has 11 aromatic rings. The maximum Gasteiger partial charge on any atom is 0.180 e.